The summed E-state index contributed by atoms with van der Waals surface area (Å²) in [5, 5.41) is 19.8. The van der Waals surface area contributed by atoms with Crippen LogP contribution in [0.3, 0.4) is 0 Å². The van der Waals surface area contributed by atoms with Crippen molar-refractivity contribution in [1.82, 2.24) is 4.72 Å². The van der Waals surface area contributed by atoms with E-state index >= 15 is 0 Å². The summed E-state index contributed by atoms with van der Waals surface area (Å²) in [5.41, 5.74) is 2.80. The number of rotatable bonds is 8. The highest BCUT2D eigenvalue weighted by atomic mass is 32.2. The Balaban J connectivity index is 2.19. The van der Waals surface area contributed by atoms with Crippen LogP contribution in [0.1, 0.15) is 81.2 Å². The van der Waals surface area contributed by atoms with Crippen molar-refractivity contribution in [2.75, 3.05) is 0 Å². The van der Waals surface area contributed by atoms with Gasteiger partial charge in [0.2, 0.25) is 5.91 Å². The summed E-state index contributed by atoms with van der Waals surface area (Å²) in [5.74, 6) is -0.234. The summed E-state index contributed by atoms with van der Waals surface area (Å²) in [4.78, 5) is 13.4. The van der Waals surface area contributed by atoms with Crippen LogP contribution in [0, 0.1) is 5.82 Å². The van der Waals surface area contributed by atoms with Gasteiger partial charge in [-0.15, -0.1) is 0 Å². The van der Waals surface area contributed by atoms with E-state index < -0.39 is 5.60 Å². The van der Waals surface area contributed by atoms with Crippen LogP contribution in [0.2, 0.25) is 0 Å². The van der Waals surface area contributed by atoms with Crippen molar-refractivity contribution in [3.05, 3.63) is 64.0 Å². The van der Waals surface area contributed by atoms with Crippen molar-refractivity contribution in [2.24, 2.45) is 0 Å². The molecule has 30 heavy (non-hydrogen) atoms. The molecular formula is C24H32FNO3S. The van der Waals surface area contributed by atoms with Gasteiger partial charge in [0.1, 0.15) is 5.82 Å². The Bertz CT molecular complexity index is 875. The minimum absolute atomic E-state index is 0.107. The Morgan fingerprint density at radius 2 is 1.67 bits per heavy atom. The van der Waals surface area contributed by atoms with Crippen LogP contribution < -0.4 is 4.72 Å². The monoisotopic (exact) mass is 433 g/mol. The van der Waals surface area contributed by atoms with Crippen LogP contribution in [0.25, 0.3) is 0 Å². The number of carbonyl (C=O) groups excluding carboxylic acids is 1. The van der Waals surface area contributed by atoms with Crippen LogP contribution in [-0.2, 0) is 23.4 Å². The second-order valence-corrected chi connectivity index (χ2v) is 9.59. The average Bonchev–Trinajstić information content (AvgIpc) is 2.65. The van der Waals surface area contributed by atoms with Crippen LogP contribution in [0.15, 0.2) is 35.2 Å². The Hall–Kier alpha value is -1.89. The number of nitrogens with one attached hydrogen (secondary N) is 1. The summed E-state index contributed by atoms with van der Waals surface area (Å²) in [6.45, 7) is 11.1. The van der Waals surface area contributed by atoms with Gasteiger partial charge in [-0.25, -0.2) is 4.39 Å². The Morgan fingerprint density at radius 3 is 2.13 bits per heavy atom. The molecule has 1 amide bonds. The smallest absolute Gasteiger partial charge is 0.234 e. The highest BCUT2D eigenvalue weighted by molar-refractivity contribution is 7.98. The second-order valence-electron chi connectivity index (χ2n) is 8.71. The lowest BCUT2D eigenvalue weighted by atomic mass is 9.87. The van der Waals surface area contributed by atoms with E-state index in [-0.39, 0.29) is 36.6 Å². The first kappa shape index (κ1) is 24.4. The average molecular weight is 434 g/mol. The van der Waals surface area contributed by atoms with Gasteiger partial charge in [0.25, 0.3) is 0 Å². The van der Waals surface area contributed by atoms with Gasteiger partial charge in [0.05, 0.1) is 18.6 Å². The Labute approximate surface area is 183 Å². The van der Waals surface area contributed by atoms with E-state index in [2.05, 4.69) is 4.72 Å². The third kappa shape index (κ3) is 6.06. The van der Waals surface area contributed by atoms with Gasteiger partial charge in [0, 0.05) is 4.90 Å². The summed E-state index contributed by atoms with van der Waals surface area (Å²) in [7, 11) is 0. The van der Waals surface area contributed by atoms with Crippen LogP contribution >= 0.6 is 11.9 Å². The van der Waals surface area contributed by atoms with E-state index in [1.54, 1.807) is 32.0 Å². The Kier molecular flexibility index (Phi) is 8.08. The fourth-order valence-corrected chi connectivity index (χ4v) is 4.23. The van der Waals surface area contributed by atoms with Crippen LogP contribution in [0.5, 0.6) is 0 Å². The molecule has 0 unspecified atom stereocenters. The standard InChI is InChI=1S/C24H32FNO3S/c1-14(2)19-10-17(25)11-20(15(3)4)21(19)12-23(28)26-30-18-7-8-22(24(5,6)29)16(9-18)13-27/h7-11,14-15,27,29H,12-13H2,1-6H3,(H,26,28). The topological polar surface area (TPSA) is 69.6 Å². The normalized spacial score (nSPS) is 12.0. The molecule has 0 fully saturated rings. The number of carbonyl (C=O) groups is 1. The lowest BCUT2D eigenvalue weighted by molar-refractivity contribution is -0.118. The third-order valence-corrected chi connectivity index (χ3v) is 5.87. The predicted molar refractivity (Wildman–Crippen MR) is 120 cm³/mol. The maximum Gasteiger partial charge on any atom is 0.234 e. The van der Waals surface area contributed by atoms with Gasteiger partial charge in [0.15, 0.2) is 0 Å². The largest absolute Gasteiger partial charge is 0.392 e. The third-order valence-electron chi connectivity index (χ3n) is 5.05. The first-order valence-electron chi connectivity index (χ1n) is 10.2. The zero-order valence-electron chi connectivity index (χ0n) is 18.5. The highest BCUT2D eigenvalue weighted by Gasteiger charge is 2.21. The zero-order valence-corrected chi connectivity index (χ0v) is 19.4. The van der Waals surface area contributed by atoms with Crippen LogP contribution in [-0.4, -0.2) is 16.1 Å². The minimum Gasteiger partial charge on any atom is -0.392 e. The number of aliphatic hydroxyl groups is 2. The molecule has 0 aliphatic rings. The molecule has 0 saturated carbocycles. The maximum atomic E-state index is 14.1. The number of halogens is 1. The predicted octanol–water partition coefficient (Wildman–Crippen LogP) is 5.16. The van der Waals surface area contributed by atoms with E-state index in [0.29, 0.717) is 11.1 Å². The lowest BCUT2D eigenvalue weighted by Crippen LogP contribution is -2.21. The van der Waals surface area contributed by atoms with Crippen molar-refractivity contribution < 1.29 is 19.4 Å². The second kappa shape index (κ2) is 9.94. The molecule has 0 atom stereocenters. The zero-order chi connectivity index (χ0) is 22.6. The maximum absolute atomic E-state index is 14.1. The van der Waals surface area contributed by atoms with E-state index in [1.807, 2.05) is 27.7 Å². The van der Waals surface area contributed by atoms with Crippen molar-refractivity contribution in [3.63, 3.8) is 0 Å². The van der Waals surface area contributed by atoms with E-state index in [9.17, 15) is 19.4 Å². The number of aliphatic hydroxyl groups excluding tert-OH is 1. The molecule has 0 saturated heterocycles. The summed E-state index contributed by atoms with van der Waals surface area (Å²) in [6, 6.07) is 8.36. The number of amides is 1. The number of hydrogen-bond donors (Lipinski definition) is 3. The van der Waals surface area contributed by atoms with Gasteiger partial charge in [-0.2, -0.15) is 0 Å². The molecule has 2 aromatic carbocycles. The first-order chi connectivity index (χ1) is 13.9. The van der Waals surface area contributed by atoms with Gasteiger partial charge >= 0.3 is 0 Å². The molecule has 0 aromatic heterocycles. The summed E-state index contributed by atoms with van der Waals surface area (Å²) >= 11 is 1.16. The number of hydrogen-bond acceptors (Lipinski definition) is 4. The van der Waals surface area contributed by atoms with Crippen molar-refractivity contribution in [1.29, 1.82) is 0 Å². The molecule has 0 radical (unpaired) electrons. The van der Waals surface area contributed by atoms with E-state index in [4.69, 9.17) is 0 Å². The van der Waals surface area contributed by atoms with Gasteiger partial charge < -0.3 is 10.2 Å². The SMILES string of the molecule is CC(C)c1cc(F)cc(C(C)C)c1CC(=O)NSc1ccc(C(C)(C)O)c(CO)c1. The highest BCUT2D eigenvalue weighted by Crippen LogP contribution is 2.31. The summed E-state index contributed by atoms with van der Waals surface area (Å²) < 4.78 is 16.9. The lowest BCUT2D eigenvalue weighted by Gasteiger charge is -2.22. The minimum atomic E-state index is -1.06. The molecule has 3 N–H and O–H groups in total. The fraction of sp³-hybridized carbons (Fsp3) is 0.458. The molecule has 2 rings (SSSR count). The van der Waals surface area contributed by atoms with Crippen molar-refractivity contribution in [3.8, 4) is 0 Å². The van der Waals surface area contributed by atoms with Crippen molar-refractivity contribution in [2.45, 2.75) is 76.9 Å². The fourth-order valence-electron chi connectivity index (χ4n) is 3.59. The molecule has 0 bridgehead atoms. The van der Waals surface area contributed by atoms with Gasteiger partial charge in [-0.1, -0.05) is 33.8 Å². The Morgan fingerprint density at radius 1 is 1.10 bits per heavy atom. The van der Waals surface area contributed by atoms with Crippen LogP contribution in [0.4, 0.5) is 4.39 Å². The molecule has 0 aliphatic carbocycles. The molecule has 0 heterocycles. The summed E-state index contributed by atoms with van der Waals surface area (Å²) in [6.07, 6.45) is 0.170. The van der Waals surface area contributed by atoms with Gasteiger partial charge in [-0.05, 0) is 89.7 Å². The van der Waals surface area contributed by atoms with E-state index in [0.717, 1.165) is 33.5 Å². The molecular weight excluding hydrogens is 401 g/mol. The first-order valence-corrected chi connectivity index (χ1v) is 11.0. The molecule has 2 aromatic rings. The van der Waals surface area contributed by atoms with Crippen molar-refractivity contribution >= 4 is 17.9 Å². The number of benzene rings is 2. The quantitative estimate of drug-likeness (QED) is 0.503. The molecule has 0 spiro atoms. The molecule has 6 heteroatoms. The molecule has 0 aliphatic heterocycles. The molecule has 164 valence electrons. The van der Waals surface area contributed by atoms with E-state index in [1.165, 1.54) is 12.1 Å². The molecule has 4 nitrogen and oxygen atoms in total. The van der Waals surface area contributed by atoms with Gasteiger partial charge in [-0.3, -0.25) is 9.52 Å².